The molecule has 2 N–H and O–H groups in total. The van der Waals surface area contributed by atoms with Crippen molar-refractivity contribution in [1.29, 1.82) is 0 Å². The molecule has 1 nitrogen and oxygen atoms in total. The zero-order valence-electron chi connectivity index (χ0n) is 11.9. The van der Waals surface area contributed by atoms with Gasteiger partial charge in [0.25, 0.3) is 0 Å². The molecule has 0 unspecified atom stereocenters. The molecule has 0 radical (unpaired) electrons. The normalized spacial score (nSPS) is 12.0. The van der Waals surface area contributed by atoms with Crippen LogP contribution in [0.25, 0.3) is 0 Å². The summed E-state index contributed by atoms with van der Waals surface area (Å²) in [7, 11) is -0.925. The number of rotatable bonds is 11. The third kappa shape index (κ3) is 8.34. The second-order valence-corrected chi connectivity index (χ2v) is 10.7. The molecule has 0 rings (SSSR count). The van der Waals surface area contributed by atoms with Crippen LogP contribution in [0.1, 0.15) is 58.8 Å². The van der Waals surface area contributed by atoms with E-state index in [-0.39, 0.29) is 0 Å². The van der Waals surface area contributed by atoms with Crippen LogP contribution in [0.3, 0.4) is 0 Å². The molecule has 16 heavy (non-hydrogen) atoms. The molecule has 0 aromatic heterocycles. The molecule has 0 atom stereocenters. The van der Waals surface area contributed by atoms with E-state index in [1.165, 1.54) is 51.0 Å². The lowest BCUT2D eigenvalue weighted by Crippen LogP contribution is -2.30. The van der Waals surface area contributed by atoms with Gasteiger partial charge in [0.2, 0.25) is 0 Å². The first-order valence-electron chi connectivity index (χ1n) is 7.38. The maximum atomic E-state index is 5.67. The smallest absolute Gasteiger partial charge is 0.0505 e. The molecule has 0 fully saturated rings. The van der Waals surface area contributed by atoms with Gasteiger partial charge in [-0.05, 0) is 13.0 Å². The van der Waals surface area contributed by atoms with Gasteiger partial charge < -0.3 is 5.73 Å². The van der Waals surface area contributed by atoms with Crippen LogP contribution < -0.4 is 5.73 Å². The van der Waals surface area contributed by atoms with E-state index in [0.717, 1.165) is 6.54 Å². The minimum absolute atomic E-state index is 0.893. The van der Waals surface area contributed by atoms with Gasteiger partial charge in [0, 0.05) is 0 Å². The lowest BCUT2D eigenvalue weighted by atomic mass is 10.3. The van der Waals surface area contributed by atoms with Crippen molar-refractivity contribution in [3.05, 3.63) is 0 Å². The molecule has 0 saturated carbocycles. The van der Waals surface area contributed by atoms with Gasteiger partial charge in [0.1, 0.15) is 0 Å². The van der Waals surface area contributed by atoms with Gasteiger partial charge in [-0.1, -0.05) is 77.1 Å². The van der Waals surface area contributed by atoms with Crippen LogP contribution in [0.2, 0.25) is 24.7 Å². The topological polar surface area (TPSA) is 26.0 Å². The third-order valence-electron chi connectivity index (χ3n) is 3.75. The van der Waals surface area contributed by atoms with Gasteiger partial charge in [-0.15, -0.1) is 0 Å². The van der Waals surface area contributed by atoms with Gasteiger partial charge in [-0.3, -0.25) is 0 Å². The quantitative estimate of drug-likeness (QED) is 0.409. The average Bonchev–Trinajstić information content (AvgIpc) is 2.27. The van der Waals surface area contributed by atoms with Crippen molar-refractivity contribution in [3.63, 3.8) is 0 Å². The first-order chi connectivity index (χ1) is 7.68. The highest BCUT2D eigenvalue weighted by molar-refractivity contribution is 6.78. The van der Waals surface area contributed by atoms with E-state index in [0.29, 0.717) is 0 Å². The minimum Gasteiger partial charge on any atom is -0.330 e. The van der Waals surface area contributed by atoms with Crippen LogP contribution in [0.15, 0.2) is 0 Å². The zero-order chi connectivity index (χ0) is 12.3. The standard InChI is InChI=1S/C14H33NSi/c1-4-6-8-12-16(3,14-10-11-15)13-9-7-5-2/h4-15H2,1-3H3. The van der Waals surface area contributed by atoms with Crippen LogP contribution in [0, 0.1) is 0 Å². The highest BCUT2D eigenvalue weighted by Crippen LogP contribution is 2.27. The molecule has 0 aromatic rings. The Morgan fingerprint density at radius 3 is 1.56 bits per heavy atom. The summed E-state index contributed by atoms with van der Waals surface area (Å²) < 4.78 is 0. The fourth-order valence-electron chi connectivity index (χ4n) is 2.51. The highest BCUT2D eigenvalue weighted by Gasteiger charge is 2.24. The zero-order valence-corrected chi connectivity index (χ0v) is 12.9. The molecule has 0 amide bonds. The number of nitrogens with two attached hydrogens (primary N) is 1. The van der Waals surface area contributed by atoms with Gasteiger partial charge in [-0.25, -0.2) is 0 Å². The summed E-state index contributed by atoms with van der Waals surface area (Å²) in [5, 5.41) is 0. The molecule has 0 spiro atoms. The van der Waals surface area contributed by atoms with Crippen molar-refractivity contribution in [3.8, 4) is 0 Å². The Hall–Kier alpha value is 0.177. The number of hydrogen-bond acceptors (Lipinski definition) is 1. The van der Waals surface area contributed by atoms with Crippen molar-refractivity contribution in [1.82, 2.24) is 0 Å². The molecule has 0 aliphatic heterocycles. The molecule has 0 saturated heterocycles. The molecule has 0 heterocycles. The lowest BCUT2D eigenvalue weighted by Gasteiger charge is -2.27. The summed E-state index contributed by atoms with van der Waals surface area (Å²) in [6.07, 6.45) is 9.78. The van der Waals surface area contributed by atoms with Crippen molar-refractivity contribution in [2.45, 2.75) is 83.5 Å². The van der Waals surface area contributed by atoms with E-state index in [9.17, 15) is 0 Å². The van der Waals surface area contributed by atoms with Crippen LogP contribution >= 0.6 is 0 Å². The molecular formula is C14H33NSi. The Labute approximate surface area is 104 Å². The Morgan fingerprint density at radius 2 is 1.19 bits per heavy atom. The average molecular weight is 244 g/mol. The Bertz CT molecular complexity index is 138. The predicted octanol–water partition coefficient (Wildman–Crippen LogP) is 4.79. The van der Waals surface area contributed by atoms with Gasteiger partial charge in [0.15, 0.2) is 0 Å². The van der Waals surface area contributed by atoms with Gasteiger partial charge in [0.05, 0.1) is 8.07 Å². The van der Waals surface area contributed by atoms with Gasteiger partial charge >= 0.3 is 0 Å². The monoisotopic (exact) mass is 243 g/mol. The van der Waals surface area contributed by atoms with Gasteiger partial charge in [-0.2, -0.15) is 0 Å². The van der Waals surface area contributed by atoms with E-state index in [1.807, 2.05) is 0 Å². The molecule has 0 aromatic carbocycles. The van der Waals surface area contributed by atoms with E-state index >= 15 is 0 Å². The van der Waals surface area contributed by atoms with Crippen LogP contribution in [-0.2, 0) is 0 Å². The summed E-state index contributed by atoms with van der Waals surface area (Å²) in [6, 6.07) is 4.56. The molecule has 98 valence electrons. The van der Waals surface area contributed by atoms with Crippen molar-refractivity contribution in [2.24, 2.45) is 5.73 Å². The fourth-order valence-corrected chi connectivity index (χ4v) is 6.52. The SMILES string of the molecule is CCCCC[Si](C)(CCCN)CCCCC. The van der Waals surface area contributed by atoms with Crippen LogP contribution in [0.4, 0.5) is 0 Å². The molecule has 2 heteroatoms. The van der Waals surface area contributed by atoms with E-state index in [1.54, 1.807) is 12.1 Å². The summed E-state index contributed by atoms with van der Waals surface area (Å²) in [5.41, 5.74) is 5.67. The summed E-state index contributed by atoms with van der Waals surface area (Å²) in [4.78, 5) is 0. The second kappa shape index (κ2) is 10.3. The minimum atomic E-state index is -0.925. The Balaban J connectivity index is 3.91. The first kappa shape index (κ1) is 16.2. The van der Waals surface area contributed by atoms with Crippen molar-refractivity contribution < 1.29 is 0 Å². The summed E-state index contributed by atoms with van der Waals surface area (Å²) in [6.45, 7) is 8.11. The highest BCUT2D eigenvalue weighted by atomic mass is 28.3. The third-order valence-corrected chi connectivity index (χ3v) is 8.43. The predicted molar refractivity (Wildman–Crippen MR) is 78.8 cm³/mol. The molecule has 0 bridgehead atoms. The van der Waals surface area contributed by atoms with Crippen molar-refractivity contribution in [2.75, 3.05) is 6.54 Å². The van der Waals surface area contributed by atoms with E-state index in [2.05, 4.69) is 20.4 Å². The van der Waals surface area contributed by atoms with Crippen molar-refractivity contribution >= 4 is 8.07 Å². The lowest BCUT2D eigenvalue weighted by molar-refractivity contribution is 0.731. The molecular weight excluding hydrogens is 210 g/mol. The fraction of sp³-hybridized carbons (Fsp3) is 1.00. The summed E-state index contributed by atoms with van der Waals surface area (Å²) >= 11 is 0. The Kier molecular flexibility index (Phi) is 10.5. The number of unbranched alkanes of at least 4 members (excludes halogenated alkanes) is 4. The first-order valence-corrected chi connectivity index (χ1v) is 10.5. The van der Waals surface area contributed by atoms with Crippen LogP contribution in [-0.4, -0.2) is 14.6 Å². The van der Waals surface area contributed by atoms with Crippen LogP contribution in [0.5, 0.6) is 0 Å². The number of hydrogen-bond donors (Lipinski definition) is 1. The molecule has 0 aliphatic carbocycles. The Morgan fingerprint density at radius 1 is 0.750 bits per heavy atom. The van der Waals surface area contributed by atoms with E-state index in [4.69, 9.17) is 5.73 Å². The largest absolute Gasteiger partial charge is 0.330 e. The maximum Gasteiger partial charge on any atom is 0.0505 e. The van der Waals surface area contributed by atoms with E-state index < -0.39 is 8.07 Å². The molecule has 0 aliphatic rings. The maximum absolute atomic E-state index is 5.67. The summed E-state index contributed by atoms with van der Waals surface area (Å²) in [5.74, 6) is 0. The second-order valence-electron chi connectivity index (χ2n) is 5.62.